The molecule has 4 heteroatoms. The number of aryl methyl sites for hydroxylation is 1. The van der Waals surface area contributed by atoms with E-state index in [1.165, 1.54) is 0 Å². The van der Waals surface area contributed by atoms with Crippen LogP contribution >= 0.6 is 0 Å². The van der Waals surface area contributed by atoms with E-state index >= 15 is 0 Å². The zero-order valence-corrected chi connectivity index (χ0v) is 10.7. The molecule has 4 nitrogen and oxygen atoms in total. The van der Waals surface area contributed by atoms with Crippen LogP contribution in [0.3, 0.4) is 0 Å². The summed E-state index contributed by atoms with van der Waals surface area (Å²) in [7, 11) is 1.89. The second-order valence-corrected chi connectivity index (χ2v) is 4.26. The molecule has 0 bridgehead atoms. The summed E-state index contributed by atoms with van der Waals surface area (Å²) in [6, 6.07) is 3.35. The van der Waals surface area contributed by atoms with Gasteiger partial charge >= 0.3 is 5.97 Å². The minimum Gasteiger partial charge on any atom is -0.478 e. The van der Waals surface area contributed by atoms with Gasteiger partial charge in [-0.15, -0.1) is 0 Å². The summed E-state index contributed by atoms with van der Waals surface area (Å²) in [4.78, 5) is 17.3. The van der Waals surface area contributed by atoms with Crippen LogP contribution < -0.4 is 4.90 Å². The minimum atomic E-state index is -0.921. The van der Waals surface area contributed by atoms with Gasteiger partial charge in [-0.2, -0.15) is 0 Å². The summed E-state index contributed by atoms with van der Waals surface area (Å²) < 4.78 is 0. The predicted molar refractivity (Wildman–Crippen MR) is 68.7 cm³/mol. The average Bonchev–Trinajstić information content (AvgIpc) is 2.28. The molecule has 0 aliphatic rings. The van der Waals surface area contributed by atoms with Gasteiger partial charge in [-0.3, -0.25) is 0 Å². The Morgan fingerprint density at radius 1 is 1.41 bits per heavy atom. The number of carboxylic acid groups (broad SMARTS) is 1. The Hall–Kier alpha value is -1.58. The second kappa shape index (κ2) is 6.23. The third-order valence-electron chi connectivity index (χ3n) is 2.70. The van der Waals surface area contributed by atoms with Gasteiger partial charge in [0.1, 0.15) is 11.4 Å². The molecule has 0 aliphatic carbocycles. The van der Waals surface area contributed by atoms with Crippen molar-refractivity contribution in [2.75, 3.05) is 18.5 Å². The molecular weight excluding hydrogens is 216 g/mol. The van der Waals surface area contributed by atoms with Crippen LogP contribution in [0.2, 0.25) is 0 Å². The number of pyridine rings is 1. The number of aromatic carboxylic acids is 1. The highest BCUT2D eigenvalue weighted by Gasteiger charge is 2.14. The number of hydrogen-bond donors (Lipinski definition) is 1. The van der Waals surface area contributed by atoms with Crippen molar-refractivity contribution in [3.05, 3.63) is 23.4 Å². The van der Waals surface area contributed by atoms with Gasteiger partial charge in [0.15, 0.2) is 0 Å². The molecular formula is C13H20N2O2. The Morgan fingerprint density at radius 3 is 2.71 bits per heavy atom. The van der Waals surface area contributed by atoms with Crippen LogP contribution in [0.15, 0.2) is 12.1 Å². The zero-order chi connectivity index (χ0) is 12.8. The molecule has 0 spiro atoms. The highest BCUT2D eigenvalue weighted by atomic mass is 16.4. The summed E-state index contributed by atoms with van der Waals surface area (Å²) in [6.07, 6.45) is 3.36. The van der Waals surface area contributed by atoms with Crippen LogP contribution in [0.25, 0.3) is 0 Å². The lowest BCUT2D eigenvalue weighted by Crippen LogP contribution is -2.22. The Morgan fingerprint density at radius 2 is 2.12 bits per heavy atom. The first kappa shape index (κ1) is 13.5. The molecule has 0 unspecified atom stereocenters. The lowest BCUT2D eigenvalue weighted by atomic mass is 10.2. The number of anilines is 1. The fourth-order valence-corrected chi connectivity index (χ4v) is 1.71. The van der Waals surface area contributed by atoms with Crippen LogP contribution in [0.4, 0.5) is 5.82 Å². The number of carboxylic acids is 1. The largest absolute Gasteiger partial charge is 0.478 e. The molecule has 0 saturated carbocycles. The minimum absolute atomic E-state index is 0.273. The fourth-order valence-electron chi connectivity index (χ4n) is 1.71. The van der Waals surface area contributed by atoms with Gasteiger partial charge in [0.25, 0.3) is 0 Å². The predicted octanol–water partition coefficient (Wildman–Crippen LogP) is 2.71. The molecule has 1 aromatic rings. The number of rotatable bonds is 6. The third kappa shape index (κ3) is 3.73. The lowest BCUT2D eigenvalue weighted by Gasteiger charge is -2.20. The maximum atomic E-state index is 11.1. The fraction of sp³-hybridized carbons (Fsp3) is 0.538. The molecule has 1 heterocycles. The first-order chi connectivity index (χ1) is 8.06. The first-order valence-electron chi connectivity index (χ1n) is 5.98. The molecule has 0 fully saturated rings. The van der Waals surface area contributed by atoms with Gasteiger partial charge in [-0.25, -0.2) is 9.78 Å². The summed E-state index contributed by atoms with van der Waals surface area (Å²) in [6.45, 7) is 4.85. The van der Waals surface area contributed by atoms with Gasteiger partial charge in [0, 0.05) is 19.3 Å². The molecule has 0 saturated heterocycles. The Balaban J connectivity index is 2.86. The maximum Gasteiger partial charge on any atom is 0.339 e. The monoisotopic (exact) mass is 236 g/mol. The van der Waals surface area contributed by atoms with E-state index in [1.54, 1.807) is 12.1 Å². The normalized spacial score (nSPS) is 10.3. The van der Waals surface area contributed by atoms with E-state index < -0.39 is 5.97 Å². The van der Waals surface area contributed by atoms with E-state index in [0.717, 1.165) is 31.5 Å². The highest BCUT2D eigenvalue weighted by Crippen LogP contribution is 2.18. The first-order valence-corrected chi connectivity index (χ1v) is 5.98. The molecule has 0 aromatic carbocycles. The van der Waals surface area contributed by atoms with Crippen molar-refractivity contribution in [2.45, 2.75) is 33.1 Å². The van der Waals surface area contributed by atoms with Gasteiger partial charge < -0.3 is 10.0 Å². The number of nitrogens with zero attached hydrogens (tertiary/aromatic N) is 2. The van der Waals surface area contributed by atoms with Gasteiger partial charge in [0.05, 0.1) is 0 Å². The van der Waals surface area contributed by atoms with Crippen LogP contribution in [-0.4, -0.2) is 29.7 Å². The quantitative estimate of drug-likeness (QED) is 0.772. The van der Waals surface area contributed by atoms with Crippen molar-refractivity contribution in [1.82, 2.24) is 4.98 Å². The summed E-state index contributed by atoms with van der Waals surface area (Å²) in [5.41, 5.74) is 1.11. The van der Waals surface area contributed by atoms with Crippen molar-refractivity contribution in [3.63, 3.8) is 0 Å². The molecule has 17 heavy (non-hydrogen) atoms. The Bertz CT molecular complexity index is 391. The smallest absolute Gasteiger partial charge is 0.339 e. The van der Waals surface area contributed by atoms with Gasteiger partial charge in [-0.1, -0.05) is 19.8 Å². The van der Waals surface area contributed by atoms with Crippen molar-refractivity contribution in [3.8, 4) is 0 Å². The van der Waals surface area contributed by atoms with Crippen LogP contribution in [0.1, 0.15) is 42.2 Å². The molecule has 0 amide bonds. The average molecular weight is 236 g/mol. The van der Waals surface area contributed by atoms with Crippen LogP contribution in [0.5, 0.6) is 0 Å². The standard InChI is InChI=1S/C13H20N2O2/c1-4-5-6-9-15(3)12-11(13(16)17)8-7-10(2)14-12/h7-8H,4-6,9H2,1-3H3,(H,16,17). The van der Waals surface area contributed by atoms with Crippen molar-refractivity contribution < 1.29 is 9.90 Å². The number of carbonyl (C=O) groups is 1. The van der Waals surface area contributed by atoms with Gasteiger partial charge in [-0.05, 0) is 25.5 Å². The molecule has 1 rings (SSSR count). The van der Waals surface area contributed by atoms with E-state index in [9.17, 15) is 4.79 Å². The van der Waals surface area contributed by atoms with E-state index in [0.29, 0.717) is 5.82 Å². The van der Waals surface area contributed by atoms with E-state index in [4.69, 9.17) is 5.11 Å². The number of hydrogen-bond acceptors (Lipinski definition) is 3. The van der Waals surface area contributed by atoms with E-state index in [1.807, 2.05) is 18.9 Å². The lowest BCUT2D eigenvalue weighted by molar-refractivity contribution is 0.0697. The summed E-state index contributed by atoms with van der Waals surface area (Å²) in [5, 5.41) is 9.11. The van der Waals surface area contributed by atoms with E-state index in [2.05, 4.69) is 11.9 Å². The second-order valence-electron chi connectivity index (χ2n) is 4.26. The number of unbranched alkanes of at least 4 members (excludes halogenated alkanes) is 2. The van der Waals surface area contributed by atoms with Crippen LogP contribution in [0, 0.1) is 6.92 Å². The Labute approximate surface area is 102 Å². The van der Waals surface area contributed by atoms with E-state index in [-0.39, 0.29) is 5.56 Å². The highest BCUT2D eigenvalue weighted by molar-refractivity contribution is 5.93. The zero-order valence-electron chi connectivity index (χ0n) is 10.7. The van der Waals surface area contributed by atoms with Crippen LogP contribution in [-0.2, 0) is 0 Å². The molecule has 1 aromatic heterocycles. The summed E-state index contributed by atoms with van der Waals surface area (Å²) in [5.74, 6) is -0.358. The van der Waals surface area contributed by atoms with Crippen molar-refractivity contribution >= 4 is 11.8 Å². The Kier molecular flexibility index (Phi) is 4.94. The van der Waals surface area contributed by atoms with Crippen molar-refractivity contribution in [1.29, 1.82) is 0 Å². The summed E-state index contributed by atoms with van der Waals surface area (Å²) >= 11 is 0. The number of aromatic nitrogens is 1. The SMILES string of the molecule is CCCCCN(C)c1nc(C)ccc1C(=O)O. The molecule has 0 radical (unpaired) electrons. The van der Waals surface area contributed by atoms with Crippen molar-refractivity contribution in [2.24, 2.45) is 0 Å². The molecule has 0 atom stereocenters. The molecule has 0 aliphatic heterocycles. The van der Waals surface area contributed by atoms with Gasteiger partial charge in [0.2, 0.25) is 0 Å². The molecule has 1 N–H and O–H groups in total. The molecule has 94 valence electrons. The third-order valence-corrected chi connectivity index (χ3v) is 2.70. The maximum absolute atomic E-state index is 11.1. The topological polar surface area (TPSA) is 53.4 Å².